The van der Waals surface area contributed by atoms with E-state index in [1.54, 1.807) is 0 Å². The highest BCUT2D eigenvalue weighted by atomic mass is 16.3. The summed E-state index contributed by atoms with van der Waals surface area (Å²) in [4.78, 5) is 13.3. The smallest absolute Gasteiger partial charge is 0.150 e. The number of hydrogen-bond donors (Lipinski definition) is 2. The number of aldehydes is 1. The summed E-state index contributed by atoms with van der Waals surface area (Å²) in [7, 11) is 0. The summed E-state index contributed by atoms with van der Waals surface area (Å²) >= 11 is 0. The second-order valence-electron chi connectivity index (χ2n) is 8.17. The fraction of sp³-hybridized carbons (Fsp3) is 0.667. The summed E-state index contributed by atoms with van der Waals surface area (Å²) in [6.07, 6.45) is 7.22. The van der Waals surface area contributed by atoms with Crippen LogP contribution in [0.2, 0.25) is 0 Å². The topological polar surface area (TPSA) is 52.3 Å². The van der Waals surface area contributed by atoms with Gasteiger partial charge in [0.05, 0.1) is 0 Å². The number of carbonyl (C=O) groups is 1. The Morgan fingerprint density at radius 3 is 2.68 bits per heavy atom. The summed E-state index contributed by atoms with van der Waals surface area (Å²) in [5, 5.41) is 14.4. The molecular formula is C21H30N2O2. The Kier molecular flexibility index (Phi) is 4.69. The van der Waals surface area contributed by atoms with Crippen LogP contribution in [0.3, 0.4) is 0 Å². The van der Waals surface area contributed by atoms with Gasteiger partial charge in [0, 0.05) is 36.5 Å². The first kappa shape index (κ1) is 17.2. The SMILES string of the molecule is CCNC[C@H]1C[C@H]([C@@H](c2ccc(C=O)cc2)C2CCCC2)N2C[C@]12O. The fourth-order valence-corrected chi connectivity index (χ4v) is 5.42. The molecule has 1 aliphatic carbocycles. The van der Waals surface area contributed by atoms with Crippen molar-refractivity contribution in [1.82, 2.24) is 10.2 Å². The molecule has 3 aliphatic rings. The average molecular weight is 342 g/mol. The molecule has 1 saturated carbocycles. The Morgan fingerprint density at radius 1 is 1.32 bits per heavy atom. The quantitative estimate of drug-likeness (QED) is 0.591. The van der Waals surface area contributed by atoms with Gasteiger partial charge in [0.1, 0.15) is 12.0 Å². The Bertz CT molecular complexity index is 611. The summed E-state index contributed by atoms with van der Waals surface area (Å²) in [5.41, 5.74) is 1.52. The Balaban J connectivity index is 1.59. The third-order valence-electron chi connectivity index (χ3n) is 6.80. The van der Waals surface area contributed by atoms with E-state index in [0.717, 1.165) is 37.9 Å². The third-order valence-corrected chi connectivity index (χ3v) is 6.80. The monoisotopic (exact) mass is 342 g/mol. The van der Waals surface area contributed by atoms with Gasteiger partial charge in [0.2, 0.25) is 0 Å². The van der Waals surface area contributed by atoms with Crippen LogP contribution in [0, 0.1) is 11.8 Å². The number of hydrogen-bond acceptors (Lipinski definition) is 4. The van der Waals surface area contributed by atoms with Crippen LogP contribution < -0.4 is 5.32 Å². The van der Waals surface area contributed by atoms with Crippen molar-refractivity contribution in [3.63, 3.8) is 0 Å². The van der Waals surface area contributed by atoms with Gasteiger partial charge in [-0.2, -0.15) is 0 Å². The van der Waals surface area contributed by atoms with Crippen LogP contribution >= 0.6 is 0 Å². The van der Waals surface area contributed by atoms with E-state index in [9.17, 15) is 9.90 Å². The van der Waals surface area contributed by atoms with Crippen molar-refractivity contribution < 1.29 is 9.90 Å². The summed E-state index contributed by atoms with van der Waals surface area (Å²) in [6.45, 7) is 4.80. The molecule has 1 aromatic rings. The molecule has 5 atom stereocenters. The number of benzene rings is 1. The molecule has 2 saturated heterocycles. The highest BCUT2D eigenvalue weighted by Gasteiger charge is 2.66. The number of nitrogens with zero attached hydrogens (tertiary/aromatic N) is 1. The van der Waals surface area contributed by atoms with E-state index < -0.39 is 5.72 Å². The molecule has 2 aliphatic heterocycles. The van der Waals surface area contributed by atoms with Crippen LogP contribution in [0.1, 0.15) is 60.9 Å². The van der Waals surface area contributed by atoms with Crippen LogP contribution in [-0.4, -0.2) is 47.7 Å². The van der Waals surface area contributed by atoms with Crippen LogP contribution in [0.25, 0.3) is 0 Å². The molecule has 0 bridgehead atoms. The lowest BCUT2D eigenvalue weighted by Crippen LogP contribution is -2.32. The van der Waals surface area contributed by atoms with Crippen molar-refractivity contribution in [3.05, 3.63) is 35.4 Å². The van der Waals surface area contributed by atoms with E-state index in [1.165, 1.54) is 31.2 Å². The minimum Gasteiger partial charge on any atom is -0.374 e. The Labute approximate surface area is 150 Å². The molecular weight excluding hydrogens is 312 g/mol. The highest BCUT2D eigenvalue weighted by molar-refractivity contribution is 5.74. The van der Waals surface area contributed by atoms with Gasteiger partial charge in [0.25, 0.3) is 0 Å². The van der Waals surface area contributed by atoms with E-state index in [0.29, 0.717) is 23.8 Å². The van der Waals surface area contributed by atoms with E-state index >= 15 is 0 Å². The molecule has 1 unspecified atom stereocenters. The molecule has 3 fully saturated rings. The second kappa shape index (κ2) is 6.82. The van der Waals surface area contributed by atoms with E-state index in [-0.39, 0.29) is 0 Å². The molecule has 0 amide bonds. The molecule has 1 aromatic carbocycles. The minimum absolute atomic E-state index is 0.329. The maximum absolute atomic E-state index is 11.0. The van der Waals surface area contributed by atoms with Crippen LogP contribution in [0.5, 0.6) is 0 Å². The molecule has 136 valence electrons. The van der Waals surface area contributed by atoms with Crippen molar-refractivity contribution in [2.45, 2.75) is 56.7 Å². The average Bonchev–Trinajstić information content (AvgIpc) is 2.98. The lowest BCUT2D eigenvalue weighted by atomic mass is 9.77. The molecule has 0 radical (unpaired) electrons. The van der Waals surface area contributed by atoms with Gasteiger partial charge in [-0.25, -0.2) is 0 Å². The molecule has 4 rings (SSSR count). The number of aliphatic hydroxyl groups is 1. The maximum atomic E-state index is 11.0. The molecule has 2 N–H and O–H groups in total. The summed E-state index contributed by atoms with van der Waals surface area (Å²) in [5.74, 6) is 1.51. The number of carbonyl (C=O) groups excluding carboxylic acids is 1. The first-order chi connectivity index (χ1) is 12.2. The van der Waals surface area contributed by atoms with Crippen LogP contribution in [0.4, 0.5) is 0 Å². The first-order valence-electron chi connectivity index (χ1n) is 9.92. The van der Waals surface area contributed by atoms with E-state index in [2.05, 4.69) is 29.3 Å². The summed E-state index contributed by atoms with van der Waals surface area (Å²) in [6, 6.07) is 8.62. The molecule has 0 spiro atoms. The lowest BCUT2D eigenvalue weighted by molar-refractivity contribution is 0.0608. The van der Waals surface area contributed by atoms with Crippen LogP contribution in [-0.2, 0) is 0 Å². The zero-order chi connectivity index (χ0) is 17.4. The molecule has 4 heteroatoms. The largest absolute Gasteiger partial charge is 0.374 e. The first-order valence-corrected chi connectivity index (χ1v) is 9.92. The standard InChI is InChI=1S/C21H30N2O2/c1-2-22-12-18-11-19(23-14-21(18,23)25)20(16-5-3-4-6-16)17-9-7-15(13-24)8-10-17/h7-10,13,16,18-20,22,25H,2-6,11-12,14H2,1H3/t18-,19-,20-,21+,23?/m1/s1. The predicted molar refractivity (Wildman–Crippen MR) is 98.6 cm³/mol. The summed E-state index contributed by atoms with van der Waals surface area (Å²) < 4.78 is 0. The molecule has 0 aromatic heterocycles. The van der Waals surface area contributed by atoms with Crippen molar-refractivity contribution in [2.75, 3.05) is 19.6 Å². The zero-order valence-electron chi connectivity index (χ0n) is 15.2. The molecule has 4 nitrogen and oxygen atoms in total. The van der Waals surface area contributed by atoms with Gasteiger partial charge < -0.3 is 10.4 Å². The number of piperidine rings is 1. The predicted octanol–water partition coefficient (Wildman–Crippen LogP) is 2.78. The second-order valence-corrected chi connectivity index (χ2v) is 8.17. The van der Waals surface area contributed by atoms with Gasteiger partial charge in [-0.3, -0.25) is 9.69 Å². The highest BCUT2D eigenvalue weighted by Crippen LogP contribution is 2.55. The van der Waals surface area contributed by atoms with E-state index in [1.807, 2.05) is 12.1 Å². The van der Waals surface area contributed by atoms with Crippen molar-refractivity contribution in [1.29, 1.82) is 0 Å². The van der Waals surface area contributed by atoms with Gasteiger partial charge in [-0.1, -0.05) is 44.0 Å². The van der Waals surface area contributed by atoms with Gasteiger partial charge in [-0.05, 0) is 37.3 Å². The van der Waals surface area contributed by atoms with Gasteiger partial charge in [0.15, 0.2) is 0 Å². The van der Waals surface area contributed by atoms with Gasteiger partial charge in [-0.15, -0.1) is 0 Å². The zero-order valence-corrected chi connectivity index (χ0v) is 15.2. The number of nitrogens with one attached hydrogen (secondary N) is 1. The van der Waals surface area contributed by atoms with Crippen molar-refractivity contribution >= 4 is 6.29 Å². The van der Waals surface area contributed by atoms with E-state index in [4.69, 9.17) is 0 Å². The van der Waals surface area contributed by atoms with Crippen LogP contribution in [0.15, 0.2) is 24.3 Å². The minimum atomic E-state index is -0.577. The Morgan fingerprint density at radius 2 is 2.04 bits per heavy atom. The molecule has 2 heterocycles. The molecule has 25 heavy (non-hydrogen) atoms. The van der Waals surface area contributed by atoms with Gasteiger partial charge >= 0.3 is 0 Å². The number of rotatable bonds is 7. The maximum Gasteiger partial charge on any atom is 0.150 e. The lowest BCUT2D eigenvalue weighted by Gasteiger charge is -2.32. The fourth-order valence-electron chi connectivity index (χ4n) is 5.42. The van der Waals surface area contributed by atoms with Crippen molar-refractivity contribution in [2.24, 2.45) is 11.8 Å². The normalized spacial score (nSPS) is 35.5. The third kappa shape index (κ3) is 3.05. The Hall–Kier alpha value is -1.23. The number of fused-ring (bicyclic) bond motifs is 1. The van der Waals surface area contributed by atoms with Crippen molar-refractivity contribution in [3.8, 4) is 0 Å².